The molecule has 1 aliphatic heterocycles. The lowest BCUT2D eigenvalue weighted by atomic mass is 10.1. The van der Waals surface area contributed by atoms with E-state index in [2.05, 4.69) is 20.6 Å². The molecule has 0 aliphatic carbocycles. The zero-order chi connectivity index (χ0) is 21.9. The molecule has 9 heteroatoms. The average Bonchev–Trinajstić information content (AvgIpc) is 3.04. The lowest BCUT2D eigenvalue weighted by Gasteiger charge is -2.40. The minimum atomic E-state index is -0.505. The second kappa shape index (κ2) is 8.73. The highest BCUT2D eigenvalue weighted by Gasteiger charge is 2.34. The standard InChI is InChI=1S/C21H29FN6O2/c1-14-24-8-9-28(14)18-7-6-15(10-17(18)22)11-25-19(23-5)26-16-12-27(13-16)20(29)30-21(2,3)4/h6-10,16H,11-13H2,1-5H3,(H2,23,25,26). The summed E-state index contributed by atoms with van der Waals surface area (Å²) < 4.78 is 21.6. The van der Waals surface area contributed by atoms with Gasteiger partial charge in [0.1, 0.15) is 17.2 Å². The summed E-state index contributed by atoms with van der Waals surface area (Å²) in [6.45, 7) is 8.87. The van der Waals surface area contributed by atoms with Gasteiger partial charge in [0.25, 0.3) is 0 Å². The van der Waals surface area contributed by atoms with Crippen LogP contribution in [0.2, 0.25) is 0 Å². The highest BCUT2D eigenvalue weighted by Crippen LogP contribution is 2.17. The summed E-state index contributed by atoms with van der Waals surface area (Å²) in [5.41, 5.74) is 0.753. The molecule has 8 nitrogen and oxygen atoms in total. The summed E-state index contributed by atoms with van der Waals surface area (Å²) in [6.07, 6.45) is 3.06. The van der Waals surface area contributed by atoms with Gasteiger partial charge in [-0.1, -0.05) is 6.07 Å². The number of nitrogens with one attached hydrogen (secondary N) is 2. The van der Waals surface area contributed by atoms with Crippen molar-refractivity contribution in [3.8, 4) is 5.69 Å². The van der Waals surface area contributed by atoms with Crippen LogP contribution in [0.1, 0.15) is 32.2 Å². The number of guanidine groups is 1. The molecule has 162 valence electrons. The number of benzene rings is 1. The molecule has 1 aliphatic rings. The van der Waals surface area contributed by atoms with Gasteiger partial charge in [-0.2, -0.15) is 0 Å². The van der Waals surface area contributed by atoms with Crippen LogP contribution in [0.25, 0.3) is 5.69 Å². The molecular formula is C21H29FN6O2. The maximum Gasteiger partial charge on any atom is 0.410 e. The van der Waals surface area contributed by atoms with E-state index in [1.807, 2.05) is 33.8 Å². The Morgan fingerprint density at radius 2 is 2.10 bits per heavy atom. The normalized spacial score (nSPS) is 15.0. The first kappa shape index (κ1) is 21.6. The summed E-state index contributed by atoms with van der Waals surface area (Å²) in [7, 11) is 1.67. The molecule has 2 aromatic rings. The van der Waals surface area contributed by atoms with E-state index in [9.17, 15) is 9.18 Å². The number of aryl methyl sites for hydroxylation is 1. The molecule has 1 aromatic carbocycles. The van der Waals surface area contributed by atoms with Gasteiger partial charge in [0.05, 0.1) is 11.7 Å². The van der Waals surface area contributed by atoms with Gasteiger partial charge in [0.15, 0.2) is 5.96 Å². The van der Waals surface area contributed by atoms with Crippen molar-refractivity contribution in [1.82, 2.24) is 25.1 Å². The second-order valence-corrected chi connectivity index (χ2v) is 8.28. The number of aromatic nitrogens is 2. The van der Waals surface area contributed by atoms with E-state index >= 15 is 0 Å². The quantitative estimate of drug-likeness (QED) is 0.591. The summed E-state index contributed by atoms with van der Waals surface area (Å²) >= 11 is 0. The first-order chi connectivity index (χ1) is 14.2. The molecule has 0 spiro atoms. The highest BCUT2D eigenvalue weighted by atomic mass is 19.1. The molecule has 1 saturated heterocycles. The Hall–Kier alpha value is -3.10. The van der Waals surface area contributed by atoms with E-state index in [1.165, 1.54) is 6.07 Å². The zero-order valence-electron chi connectivity index (χ0n) is 18.1. The molecule has 1 amide bonds. The monoisotopic (exact) mass is 416 g/mol. The van der Waals surface area contributed by atoms with Crippen LogP contribution in [0.5, 0.6) is 0 Å². The number of hydrogen-bond donors (Lipinski definition) is 2. The number of carbonyl (C=O) groups is 1. The Bertz CT molecular complexity index is 928. The second-order valence-electron chi connectivity index (χ2n) is 8.28. The molecule has 1 aromatic heterocycles. The van der Waals surface area contributed by atoms with Crippen molar-refractivity contribution in [3.63, 3.8) is 0 Å². The highest BCUT2D eigenvalue weighted by molar-refractivity contribution is 5.80. The molecule has 30 heavy (non-hydrogen) atoms. The maximum absolute atomic E-state index is 14.5. The fourth-order valence-electron chi connectivity index (χ4n) is 3.11. The van der Waals surface area contributed by atoms with Crippen LogP contribution in [0.4, 0.5) is 9.18 Å². The van der Waals surface area contributed by atoms with Gasteiger partial charge < -0.3 is 24.8 Å². The van der Waals surface area contributed by atoms with Crippen LogP contribution in [0.3, 0.4) is 0 Å². The van der Waals surface area contributed by atoms with E-state index in [4.69, 9.17) is 4.74 Å². The number of amides is 1. The van der Waals surface area contributed by atoms with Gasteiger partial charge in [-0.05, 0) is 45.4 Å². The largest absolute Gasteiger partial charge is 0.444 e. The number of rotatable bonds is 4. The Kier molecular flexibility index (Phi) is 6.28. The van der Waals surface area contributed by atoms with Crippen LogP contribution in [0.15, 0.2) is 35.6 Å². The number of ether oxygens (including phenoxy) is 1. The topological polar surface area (TPSA) is 83.8 Å². The summed E-state index contributed by atoms with van der Waals surface area (Å²) in [6, 6.07) is 5.20. The first-order valence-electron chi connectivity index (χ1n) is 9.90. The molecule has 0 saturated carbocycles. The van der Waals surface area contributed by atoms with Crippen LogP contribution in [-0.2, 0) is 11.3 Å². The minimum Gasteiger partial charge on any atom is -0.444 e. The minimum absolute atomic E-state index is 0.0899. The van der Waals surface area contributed by atoms with E-state index in [0.29, 0.717) is 31.3 Å². The number of nitrogens with zero attached hydrogens (tertiary/aromatic N) is 4. The van der Waals surface area contributed by atoms with E-state index in [0.717, 1.165) is 11.4 Å². The van der Waals surface area contributed by atoms with Crippen LogP contribution in [0, 0.1) is 12.7 Å². The average molecular weight is 417 g/mol. The molecule has 2 N–H and O–H groups in total. The van der Waals surface area contributed by atoms with Gasteiger partial charge >= 0.3 is 6.09 Å². The number of carbonyl (C=O) groups excluding carboxylic acids is 1. The van der Waals surface area contributed by atoms with Crippen molar-refractivity contribution < 1.29 is 13.9 Å². The Morgan fingerprint density at radius 3 is 2.67 bits per heavy atom. The number of halogens is 1. The fourth-order valence-corrected chi connectivity index (χ4v) is 3.11. The number of likely N-dealkylation sites (tertiary alicyclic amines) is 1. The third-order valence-electron chi connectivity index (χ3n) is 4.66. The summed E-state index contributed by atoms with van der Waals surface area (Å²) in [4.78, 5) is 22.0. The fraction of sp³-hybridized carbons (Fsp3) is 0.476. The smallest absolute Gasteiger partial charge is 0.410 e. The van der Waals surface area contributed by atoms with Gasteiger partial charge in [0.2, 0.25) is 0 Å². The number of imidazole rings is 1. The third-order valence-corrected chi connectivity index (χ3v) is 4.66. The van der Waals surface area contributed by atoms with Crippen molar-refractivity contribution in [2.45, 2.75) is 45.9 Å². The Morgan fingerprint density at radius 1 is 1.37 bits per heavy atom. The third kappa shape index (κ3) is 5.28. The van der Waals surface area contributed by atoms with Gasteiger partial charge in [-0.25, -0.2) is 14.2 Å². The SMILES string of the molecule is CN=C(NCc1ccc(-n2ccnc2C)c(F)c1)NC1CN(C(=O)OC(C)(C)C)C1. The first-order valence-corrected chi connectivity index (χ1v) is 9.90. The van der Waals surface area contributed by atoms with E-state index in [1.54, 1.807) is 35.0 Å². The molecular weight excluding hydrogens is 387 g/mol. The van der Waals surface area contributed by atoms with Crippen molar-refractivity contribution >= 4 is 12.1 Å². The van der Waals surface area contributed by atoms with Crippen molar-refractivity contribution in [1.29, 1.82) is 0 Å². The Balaban J connectivity index is 1.49. The zero-order valence-corrected chi connectivity index (χ0v) is 18.1. The van der Waals surface area contributed by atoms with Gasteiger partial charge in [0, 0.05) is 39.1 Å². The number of aliphatic imine (C=N–C) groups is 1. The molecule has 3 rings (SSSR count). The van der Waals surface area contributed by atoms with Crippen molar-refractivity contribution in [3.05, 3.63) is 47.8 Å². The van der Waals surface area contributed by atoms with Crippen LogP contribution < -0.4 is 10.6 Å². The molecule has 0 atom stereocenters. The molecule has 0 radical (unpaired) electrons. The lowest BCUT2D eigenvalue weighted by Crippen LogP contribution is -2.63. The predicted molar refractivity (Wildman–Crippen MR) is 113 cm³/mol. The molecule has 2 heterocycles. The predicted octanol–water partition coefficient (Wildman–Crippen LogP) is 2.60. The summed E-state index contributed by atoms with van der Waals surface area (Å²) in [5, 5.41) is 6.44. The maximum atomic E-state index is 14.5. The molecule has 0 unspecified atom stereocenters. The number of hydrogen-bond acceptors (Lipinski definition) is 4. The van der Waals surface area contributed by atoms with Crippen LogP contribution in [-0.4, -0.2) is 58.3 Å². The van der Waals surface area contributed by atoms with Crippen molar-refractivity contribution in [2.75, 3.05) is 20.1 Å². The molecule has 1 fully saturated rings. The Labute approximate surface area is 176 Å². The van der Waals surface area contributed by atoms with Gasteiger partial charge in [-0.15, -0.1) is 0 Å². The van der Waals surface area contributed by atoms with Gasteiger partial charge in [-0.3, -0.25) is 4.99 Å². The lowest BCUT2D eigenvalue weighted by molar-refractivity contribution is 0.00701. The van der Waals surface area contributed by atoms with E-state index in [-0.39, 0.29) is 18.0 Å². The van der Waals surface area contributed by atoms with Crippen LogP contribution >= 0.6 is 0 Å². The van der Waals surface area contributed by atoms with Crippen molar-refractivity contribution in [2.24, 2.45) is 4.99 Å². The van der Waals surface area contributed by atoms with E-state index < -0.39 is 5.60 Å². The molecule has 0 bridgehead atoms. The summed E-state index contributed by atoms with van der Waals surface area (Å²) in [5.74, 6) is 1.01.